The van der Waals surface area contributed by atoms with Crippen LogP contribution in [0.1, 0.15) is 10.4 Å². The van der Waals surface area contributed by atoms with Gasteiger partial charge in [-0.25, -0.2) is 18.4 Å². The molecule has 8 heteroatoms. The molecule has 5 nitrogen and oxygen atoms in total. The molecule has 0 bridgehead atoms. The minimum atomic E-state index is -4.01. The Morgan fingerprint density at radius 1 is 1.27 bits per heavy atom. The van der Waals surface area contributed by atoms with Crippen molar-refractivity contribution >= 4 is 39.2 Å². The Bertz CT molecular complexity index is 526. The molecule has 0 fully saturated rings. The van der Waals surface area contributed by atoms with Crippen LogP contribution in [0.5, 0.6) is 0 Å². The Kier molecular flexibility index (Phi) is 3.25. The van der Waals surface area contributed by atoms with E-state index in [4.69, 9.17) is 33.4 Å². The van der Waals surface area contributed by atoms with Gasteiger partial charge in [0.25, 0.3) is 0 Å². The molecule has 1 rings (SSSR count). The van der Waals surface area contributed by atoms with E-state index in [1.807, 2.05) is 0 Å². The van der Waals surface area contributed by atoms with Crippen LogP contribution in [-0.2, 0) is 10.0 Å². The SMILES string of the molecule is NS(=O)(=O)c1ccc(C(=O)O)c(Cl)c1Cl. The molecule has 0 unspecified atom stereocenters. The Morgan fingerprint density at radius 3 is 2.20 bits per heavy atom. The first-order valence-corrected chi connectivity index (χ1v) is 5.79. The highest BCUT2D eigenvalue weighted by atomic mass is 35.5. The van der Waals surface area contributed by atoms with E-state index in [0.717, 1.165) is 12.1 Å². The molecule has 0 atom stereocenters. The van der Waals surface area contributed by atoms with Gasteiger partial charge in [0, 0.05) is 0 Å². The number of rotatable bonds is 2. The molecule has 1 aromatic rings. The molecule has 0 amide bonds. The summed E-state index contributed by atoms with van der Waals surface area (Å²) in [6, 6.07) is 2.02. The number of halogens is 2. The third-order valence-corrected chi connectivity index (χ3v) is 3.53. The van der Waals surface area contributed by atoms with Crippen LogP contribution >= 0.6 is 23.2 Å². The van der Waals surface area contributed by atoms with Gasteiger partial charge in [-0.1, -0.05) is 23.2 Å². The number of hydrogen-bond acceptors (Lipinski definition) is 3. The summed E-state index contributed by atoms with van der Waals surface area (Å²) in [5.41, 5.74) is -0.283. The van der Waals surface area contributed by atoms with Crippen LogP contribution in [0.25, 0.3) is 0 Å². The predicted octanol–water partition coefficient (Wildman–Crippen LogP) is 1.34. The highest BCUT2D eigenvalue weighted by Crippen LogP contribution is 2.31. The van der Waals surface area contributed by atoms with E-state index < -0.39 is 20.9 Å². The number of carboxylic acid groups (broad SMARTS) is 1. The van der Waals surface area contributed by atoms with Crippen molar-refractivity contribution < 1.29 is 18.3 Å². The largest absolute Gasteiger partial charge is 0.478 e. The molecule has 0 radical (unpaired) electrons. The van der Waals surface area contributed by atoms with Crippen molar-refractivity contribution in [1.82, 2.24) is 0 Å². The van der Waals surface area contributed by atoms with Gasteiger partial charge in [0.2, 0.25) is 10.0 Å². The lowest BCUT2D eigenvalue weighted by molar-refractivity contribution is 0.0697. The second-order valence-corrected chi connectivity index (χ2v) is 4.88. The summed E-state index contributed by atoms with van der Waals surface area (Å²) in [6.07, 6.45) is 0. The number of nitrogens with two attached hydrogens (primary N) is 1. The zero-order valence-corrected chi connectivity index (χ0v) is 9.40. The fourth-order valence-electron chi connectivity index (χ4n) is 0.917. The normalized spacial score (nSPS) is 11.4. The maximum atomic E-state index is 11.0. The van der Waals surface area contributed by atoms with E-state index in [9.17, 15) is 13.2 Å². The monoisotopic (exact) mass is 269 g/mol. The molecular weight excluding hydrogens is 265 g/mol. The van der Waals surface area contributed by atoms with Crippen molar-refractivity contribution in [2.45, 2.75) is 4.90 Å². The fraction of sp³-hybridized carbons (Fsp3) is 0. The molecule has 0 heterocycles. The summed E-state index contributed by atoms with van der Waals surface area (Å²) in [5, 5.41) is 12.8. The lowest BCUT2D eigenvalue weighted by Crippen LogP contribution is -2.13. The van der Waals surface area contributed by atoms with Crippen LogP contribution in [-0.4, -0.2) is 19.5 Å². The molecule has 0 saturated heterocycles. The van der Waals surface area contributed by atoms with E-state index in [-0.39, 0.29) is 15.6 Å². The summed E-state index contributed by atoms with van der Waals surface area (Å²) >= 11 is 11.1. The molecule has 0 spiro atoms. The van der Waals surface area contributed by atoms with Gasteiger partial charge < -0.3 is 5.11 Å². The average Bonchev–Trinajstić information content (AvgIpc) is 2.06. The van der Waals surface area contributed by atoms with Gasteiger partial charge in [-0.2, -0.15) is 0 Å². The molecule has 3 N–H and O–H groups in total. The van der Waals surface area contributed by atoms with Gasteiger partial charge in [-0.15, -0.1) is 0 Å². The van der Waals surface area contributed by atoms with Crippen LogP contribution < -0.4 is 5.14 Å². The molecule has 0 aliphatic heterocycles. The fourth-order valence-corrected chi connectivity index (χ4v) is 2.32. The molecule has 0 aliphatic rings. The maximum Gasteiger partial charge on any atom is 0.337 e. The minimum Gasteiger partial charge on any atom is -0.478 e. The quantitative estimate of drug-likeness (QED) is 0.847. The van der Waals surface area contributed by atoms with Crippen molar-refractivity contribution in [3.05, 3.63) is 27.7 Å². The first kappa shape index (κ1) is 12.3. The topological polar surface area (TPSA) is 97.5 Å². The Labute approximate surface area is 95.5 Å². The number of sulfonamides is 1. The van der Waals surface area contributed by atoms with Crippen molar-refractivity contribution in [1.29, 1.82) is 0 Å². The summed E-state index contributed by atoms with van der Waals surface area (Å²) in [6.45, 7) is 0. The first-order valence-electron chi connectivity index (χ1n) is 3.49. The van der Waals surface area contributed by atoms with Gasteiger partial charge in [0.1, 0.15) is 4.90 Å². The van der Waals surface area contributed by atoms with E-state index in [0.29, 0.717) is 0 Å². The van der Waals surface area contributed by atoms with Crippen molar-refractivity contribution in [3.63, 3.8) is 0 Å². The van der Waals surface area contributed by atoms with E-state index >= 15 is 0 Å². The van der Waals surface area contributed by atoms with E-state index in [2.05, 4.69) is 0 Å². The number of carboxylic acids is 1. The third-order valence-electron chi connectivity index (χ3n) is 1.58. The Hall–Kier alpha value is -0.820. The minimum absolute atomic E-state index is 0.283. The van der Waals surface area contributed by atoms with Gasteiger partial charge in [-0.05, 0) is 12.1 Å². The highest BCUT2D eigenvalue weighted by molar-refractivity contribution is 7.89. The van der Waals surface area contributed by atoms with Crippen LogP contribution in [0.2, 0.25) is 10.0 Å². The lowest BCUT2D eigenvalue weighted by atomic mass is 10.2. The van der Waals surface area contributed by atoms with Gasteiger partial charge >= 0.3 is 5.97 Å². The van der Waals surface area contributed by atoms with E-state index in [1.54, 1.807) is 0 Å². The molecule has 0 aromatic heterocycles. The second kappa shape index (κ2) is 3.97. The summed E-state index contributed by atoms with van der Waals surface area (Å²) in [4.78, 5) is 10.2. The summed E-state index contributed by atoms with van der Waals surface area (Å²) in [5.74, 6) is -1.30. The molecule has 1 aromatic carbocycles. The third kappa shape index (κ3) is 2.40. The number of hydrogen-bond donors (Lipinski definition) is 2. The zero-order chi connectivity index (χ0) is 11.8. The second-order valence-electron chi connectivity index (χ2n) is 2.59. The number of carbonyl (C=O) groups is 1. The number of benzene rings is 1. The lowest BCUT2D eigenvalue weighted by Gasteiger charge is -2.05. The van der Waals surface area contributed by atoms with Gasteiger partial charge in [0.15, 0.2) is 0 Å². The smallest absolute Gasteiger partial charge is 0.337 e. The van der Waals surface area contributed by atoms with Crippen molar-refractivity contribution in [2.24, 2.45) is 5.14 Å². The Morgan fingerprint density at radius 2 is 1.80 bits per heavy atom. The Balaban J connectivity index is 3.55. The summed E-state index contributed by atoms with van der Waals surface area (Å²) in [7, 11) is -4.01. The molecule has 0 saturated carbocycles. The summed E-state index contributed by atoms with van der Waals surface area (Å²) < 4.78 is 21.9. The van der Waals surface area contributed by atoms with Gasteiger partial charge in [-0.3, -0.25) is 0 Å². The van der Waals surface area contributed by atoms with Crippen LogP contribution in [0, 0.1) is 0 Å². The standard InChI is InChI=1S/C7H5Cl2NO4S/c8-5-3(7(11)12)1-2-4(6(5)9)15(10,13)14/h1-2H,(H,11,12)(H2,10,13,14). The van der Waals surface area contributed by atoms with Crippen LogP contribution in [0.3, 0.4) is 0 Å². The highest BCUT2D eigenvalue weighted by Gasteiger charge is 2.20. The van der Waals surface area contributed by atoms with E-state index in [1.165, 1.54) is 0 Å². The van der Waals surface area contributed by atoms with Crippen LogP contribution in [0.15, 0.2) is 17.0 Å². The molecule has 0 aliphatic carbocycles. The van der Waals surface area contributed by atoms with Crippen LogP contribution in [0.4, 0.5) is 0 Å². The molecule has 15 heavy (non-hydrogen) atoms. The predicted molar refractivity (Wildman–Crippen MR) is 54.8 cm³/mol. The van der Waals surface area contributed by atoms with Crippen molar-refractivity contribution in [3.8, 4) is 0 Å². The zero-order valence-electron chi connectivity index (χ0n) is 7.07. The maximum absolute atomic E-state index is 11.0. The molecular formula is C7H5Cl2NO4S. The first-order chi connectivity index (χ1) is 6.75. The molecule has 82 valence electrons. The van der Waals surface area contributed by atoms with Gasteiger partial charge in [0.05, 0.1) is 15.6 Å². The number of aromatic carboxylic acids is 1. The van der Waals surface area contributed by atoms with Crippen molar-refractivity contribution in [2.75, 3.05) is 0 Å². The number of primary sulfonamides is 1. The average molecular weight is 270 g/mol.